The fraction of sp³-hybridized carbons (Fsp3) is 0.833. The third kappa shape index (κ3) is 4.34. The van der Waals surface area contributed by atoms with E-state index in [9.17, 15) is 9.59 Å². The monoisotopic (exact) mass is 241 g/mol. The van der Waals surface area contributed by atoms with Gasteiger partial charge in [0, 0.05) is 18.5 Å². The van der Waals surface area contributed by atoms with Gasteiger partial charge in [-0.05, 0) is 25.7 Å². The van der Waals surface area contributed by atoms with E-state index in [1.54, 1.807) is 4.90 Å². The number of carbonyl (C=O) groups is 2. The zero-order valence-electron chi connectivity index (χ0n) is 10.5. The number of carbonyl (C=O) groups excluding carboxylic acids is 2. The summed E-state index contributed by atoms with van der Waals surface area (Å²) in [7, 11) is 0. The standard InChI is InChI=1S/C12H23N3O2/c1-2-3-6-15(8-11(14)16)12(17)9-4-5-10(13)7-9/h9-10H,2-8,13H2,1H3,(H2,14,16). The Hall–Kier alpha value is -1.10. The summed E-state index contributed by atoms with van der Waals surface area (Å²) in [5, 5.41) is 0. The fourth-order valence-electron chi connectivity index (χ4n) is 2.30. The van der Waals surface area contributed by atoms with Gasteiger partial charge in [-0.3, -0.25) is 9.59 Å². The topological polar surface area (TPSA) is 89.4 Å². The van der Waals surface area contributed by atoms with E-state index in [2.05, 4.69) is 6.92 Å². The predicted octanol–water partition coefficient (Wildman–Crippen LogP) is 0.228. The minimum Gasteiger partial charge on any atom is -0.368 e. The lowest BCUT2D eigenvalue weighted by Gasteiger charge is -2.24. The summed E-state index contributed by atoms with van der Waals surface area (Å²) in [5.74, 6) is -0.414. The summed E-state index contributed by atoms with van der Waals surface area (Å²) >= 11 is 0. The van der Waals surface area contributed by atoms with Crippen molar-refractivity contribution in [1.29, 1.82) is 0 Å². The lowest BCUT2D eigenvalue weighted by molar-refractivity contribution is -0.138. The van der Waals surface area contributed by atoms with Gasteiger partial charge in [-0.2, -0.15) is 0 Å². The Labute approximate surface area is 103 Å². The van der Waals surface area contributed by atoms with Crippen LogP contribution in [0.2, 0.25) is 0 Å². The molecule has 2 unspecified atom stereocenters. The van der Waals surface area contributed by atoms with Gasteiger partial charge in [-0.1, -0.05) is 13.3 Å². The Morgan fingerprint density at radius 3 is 2.53 bits per heavy atom. The highest BCUT2D eigenvalue weighted by atomic mass is 16.2. The molecule has 0 radical (unpaired) electrons. The van der Waals surface area contributed by atoms with Crippen molar-refractivity contribution in [3.05, 3.63) is 0 Å². The van der Waals surface area contributed by atoms with Crippen LogP contribution in [0.1, 0.15) is 39.0 Å². The van der Waals surface area contributed by atoms with Crippen molar-refractivity contribution in [2.75, 3.05) is 13.1 Å². The maximum atomic E-state index is 12.2. The summed E-state index contributed by atoms with van der Waals surface area (Å²) in [6.07, 6.45) is 4.36. The molecule has 0 aromatic carbocycles. The van der Waals surface area contributed by atoms with E-state index in [4.69, 9.17) is 11.5 Å². The Morgan fingerprint density at radius 2 is 2.06 bits per heavy atom. The predicted molar refractivity (Wildman–Crippen MR) is 66.0 cm³/mol. The molecule has 0 aromatic rings. The third-order valence-corrected chi connectivity index (χ3v) is 3.26. The van der Waals surface area contributed by atoms with Crippen LogP contribution in [0.15, 0.2) is 0 Å². The third-order valence-electron chi connectivity index (χ3n) is 3.26. The van der Waals surface area contributed by atoms with Crippen molar-refractivity contribution in [2.45, 2.75) is 45.1 Å². The van der Waals surface area contributed by atoms with Crippen LogP contribution in [-0.2, 0) is 9.59 Å². The largest absolute Gasteiger partial charge is 0.368 e. The number of rotatable bonds is 6. The first-order chi connectivity index (χ1) is 8.04. The molecule has 0 bridgehead atoms. The molecular weight excluding hydrogens is 218 g/mol. The van der Waals surface area contributed by atoms with Gasteiger partial charge in [0.05, 0.1) is 6.54 Å². The Bertz CT molecular complexity index is 281. The molecule has 5 nitrogen and oxygen atoms in total. The van der Waals surface area contributed by atoms with E-state index in [0.717, 1.165) is 32.1 Å². The smallest absolute Gasteiger partial charge is 0.237 e. The Kier molecular flexibility index (Phi) is 5.41. The number of hydrogen-bond donors (Lipinski definition) is 2. The molecule has 0 spiro atoms. The minimum absolute atomic E-state index is 0.0128. The molecule has 1 aliphatic rings. The van der Waals surface area contributed by atoms with Crippen molar-refractivity contribution in [1.82, 2.24) is 4.90 Å². The lowest BCUT2D eigenvalue weighted by Crippen LogP contribution is -2.42. The molecule has 0 heterocycles. The molecule has 1 fully saturated rings. The molecule has 17 heavy (non-hydrogen) atoms. The van der Waals surface area contributed by atoms with Crippen LogP contribution in [0.3, 0.4) is 0 Å². The summed E-state index contributed by atoms with van der Waals surface area (Å²) in [5.41, 5.74) is 11.0. The van der Waals surface area contributed by atoms with Crippen LogP contribution < -0.4 is 11.5 Å². The quantitative estimate of drug-likeness (QED) is 0.697. The van der Waals surface area contributed by atoms with Crippen LogP contribution in [-0.4, -0.2) is 35.8 Å². The van der Waals surface area contributed by atoms with Crippen LogP contribution in [0.25, 0.3) is 0 Å². The molecule has 4 N–H and O–H groups in total. The molecule has 0 aromatic heterocycles. The number of nitrogens with zero attached hydrogens (tertiary/aromatic N) is 1. The van der Waals surface area contributed by atoms with Crippen LogP contribution in [0.4, 0.5) is 0 Å². The number of unbranched alkanes of at least 4 members (excludes halogenated alkanes) is 1. The summed E-state index contributed by atoms with van der Waals surface area (Å²) in [4.78, 5) is 24.7. The van der Waals surface area contributed by atoms with E-state index < -0.39 is 5.91 Å². The van der Waals surface area contributed by atoms with Crippen molar-refractivity contribution < 1.29 is 9.59 Å². The number of hydrogen-bond acceptors (Lipinski definition) is 3. The zero-order valence-corrected chi connectivity index (χ0v) is 10.5. The van der Waals surface area contributed by atoms with Crippen LogP contribution in [0, 0.1) is 5.92 Å². The summed E-state index contributed by atoms with van der Waals surface area (Å²) in [6.45, 7) is 2.70. The number of primary amides is 1. The van der Waals surface area contributed by atoms with Crippen molar-refractivity contribution in [2.24, 2.45) is 17.4 Å². The second-order valence-corrected chi connectivity index (χ2v) is 4.85. The zero-order chi connectivity index (χ0) is 12.8. The van der Waals surface area contributed by atoms with Gasteiger partial charge < -0.3 is 16.4 Å². The molecule has 2 atom stereocenters. The normalized spacial score (nSPS) is 23.6. The lowest BCUT2D eigenvalue weighted by atomic mass is 10.1. The number of amides is 2. The van der Waals surface area contributed by atoms with Gasteiger partial charge >= 0.3 is 0 Å². The average molecular weight is 241 g/mol. The molecule has 1 aliphatic carbocycles. The van der Waals surface area contributed by atoms with Gasteiger partial charge in [0.15, 0.2) is 0 Å². The fourth-order valence-corrected chi connectivity index (χ4v) is 2.30. The molecular formula is C12H23N3O2. The van der Waals surface area contributed by atoms with E-state index in [1.165, 1.54) is 0 Å². The van der Waals surface area contributed by atoms with E-state index in [0.29, 0.717) is 6.54 Å². The van der Waals surface area contributed by atoms with Crippen molar-refractivity contribution in [3.8, 4) is 0 Å². The molecule has 0 aliphatic heterocycles. The second kappa shape index (κ2) is 6.59. The first-order valence-corrected chi connectivity index (χ1v) is 6.37. The van der Waals surface area contributed by atoms with Gasteiger partial charge in [-0.25, -0.2) is 0 Å². The molecule has 1 rings (SSSR count). The average Bonchev–Trinajstić information content (AvgIpc) is 2.69. The first kappa shape index (κ1) is 14.0. The molecule has 1 saturated carbocycles. The van der Waals surface area contributed by atoms with Gasteiger partial charge in [0.1, 0.15) is 0 Å². The Balaban J connectivity index is 2.55. The molecule has 5 heteroatoms. The summed E-state index contributed by atoms with van der Waals surface area (Å²) in [6, 6.07) is 0.130. The van der Waals surface area contributed by atoms with Gasteiger partial charge in [0.2, 0.25) is 11.8 Å². The highest BCUT2D eigenvalue weighted by molar-refractivity contribution is 5.85. The highest BCUT2D eigenvalue weighted by Crippen LogP contribution is 2.26. The molecule has 0 saturated heterocycles. The van der Waals surface area contributed by atoms with Crippen LogP contribution >= 0.6 is 0 Å². The maximum absolute atomic E-state index is 12.2. The second-order valence-electron chi connectivity index (χ2n) is 4.85. The number of nitrogens with two attached hydrogens (primary N) is 2. The molecule has 2 amide bonds. The van der Waals surface area contributed by atoms with E-state index in [-0.39, 0.29) is 24.4 Å². The highest BCUT2D eigenvalue weighted by Gasteiger charge is 2.31. The first-order valence-electron chi connectivity index (χ1n) is 6.37. The summed E-state index contributed by atoms with van der Waals surface area (Å²) < 4.78 is 0. The van der Waals surface area contributed by atoms with Gasteiger partial charge in [-0.15, -0.1) is 0 Å². The minimum atomic E-state index is -0.447. The molecule has 98 valence electrons. The van der Waals surface area contributed by atoms with Crippen molar-refractivity contribution in [3.63, 3.8) is 0 Å². The van der Waals surface area contributed by atoms with Crippen LogP contribution in [0.5, 0.6) is 0 Å². The van der Waals surface area contributed by atoms with E-state index >= 15 is 0 Å². The van der Waals surface area contributed by atoms with Crippen molar-refractivity contribution >= 4 is 11.8 Å². The maximum Gasteiger partial charge on any atom is 0.237 e. The van der Waals surface area contributed by atoms with E-state index in [1.807, 2.05) is 0 Å². The van der Waals surface area contributed by atoms with Gasteiger partial charge in [0.25, 0.3) is 0 Å². The Morgan fingerprint density at radius 1 is 1.35 bits per heavy atom. The SMILES string of the molecule is CCCCN(CC(N)=O)C(=O)C1CCC(N)C1.